The van der Waals surface area contributed by atoms with Crippen molar-refractivity contribution in [2.45, 2.75) is 53.6 Å². The van der Waals surface area contributed by atoms with Crippen LogP contribution < -0.4 is 5.19 Å². The van der Waals surface area contributed by atoms with Gasteiger partial charge in [0.2, 0.25) is 0 Å². The van der Waals surface area contributed by atoms with Crippen molar-refractivity contribution in [3.63, 3.8) is 0 Å². The van der Waals surface area contributed by atoms with E-state index in [0.29, 0.717) is 5.56 Å². The second-order valence-electron chi connectivity index (χ2n) is 18.9. The van der Waals surface area contributed by atoms with E-state index in [1.54, 1.807) is 23.5 Å². The van der Waals surface area contributed by atoms with Gasteiger partial charge in [0.15, 0.2) is 0 Å². The maximum atomic E-state index is 8.75. The first-order chi connectivity index (χ1) is 33.8. The maximum absolute atomic E-state index is 8.75. The molecule has 67 heavy (non-hydrogen) atoms. The third-order valence-corrected chi connectivity index (χ3v) is 15.0. The molecule has 1 radical (unpaired) electrons. The number of pyridine rings is 1. The smallest absolute Gasteiger partial charge is 0.0798 e. The number of thiophene rings is 1. The van der Waals surface area contributed by atoms with Crippen molar-refractivity contribution < 1.29 is 27.0 Å². The zero-order valence-electron chi connectivity index (χ0n) is 43.4. The number of fused-ring (bicyclic) bond motifs is 5. The van der Waals surface area contributed by atoms with E-state index in [-0.39, 0.29) is 20.1 Å². The second-order valence-corrected chi connectivity index (χ2v) is 25.0. The van der Waals surface area contributed by atoms with Crippen molar-refractivity contribution in [2.75, 3.05) is 0 Å². The van der Waals surface area contributed by atoms with Crippen LogP contribution in [0.25, 0.3) is 92.6 Å². The van der Waals surface area contributed by atoms with Crippen molar-refractivity contribution in [3.8, 4) is 50.6 Å². The zero-order valence-corrected chi connectivity index (χ0v) is 42.6. The molecule has 3 aromatic heterocycles. The van der Waals surface area contributed by atoms with E-state index in [0.717, 1.165) is 87.7 Å². The second kappa shape index (κ2) is 18.8. The van der Waals surface area contributed by atoms with Crippen LogP contribution in [0, 0.1) is 24.4 Å². The normalized spacial score (nSPS) is 13.3. The van der Waals surface area contributed by atoms with E-state index in [4.69, 9.17) is 11.8 Å². The third kappa shape index (κ3) is 9.77. The largest absolute Gasteiger partial charge is 0.333 e. The predicted octanol–water partition coefficient (Wildman–Crippen LogP) is 16.3. The molecule has 0 unspecified atom stereocenters. The molecule has 0 saturated carbocycles. The number of nitrogens with zero attached hydrogens (tertiary/aromatic N) is 3. The summed E-state index contributed by atoms with van der Waals surface area (Å²) in [5.41, 5.74) is 10.6. The predicted molar refractivity (Wildman–Crippen MR) is 286 cm³/mol. The van der Waals surface area contributed by atoms with Crippen LogP contribution in [0.2, 0.25) is 19.6 Å². The summed E-state index contributed by atoms with van der Waals surface area (Å²) in [6.07, 6.45) is 0.469. The molecule has 0 atom stereocenters. The van der Waals surface area contributed by atoms with E-state index in [9.17, 15) is 0 Å². The average Bonchev–Trinajstić information content (AvgIpc) is 3.93. The Kier molecular flexibility index (Phi) is 11.2. The Bertz CT molecular complexity index is 3730. The van der Waals surface area contributed by atoms with Crippen molar-refractivity contribution in [3.05, 3.63) is 205 Å². The SMILES string of the molecule is [2H]C([2H])([2H])c1ccc(-c2ccc3sc4c[c-]c(-c5nc6cc7ccccc7cc6n5-c5ccc(-c6ccccc6)cc5)cc4c3c2)cc1.[2H]C([2H])(c1cc(-c2[c-]cccc2)ncc1[Si](C)(C)C)C(C)(C)C.[Ir]. The molecule has 11 rings (SSSR count). The van der Waals surface area contributed by atoms with E-state index in [1.807, 2.05) is 75.5 Å². The van der Waals surface area contributed by atoms with Crippen LogP contribution in [0.1, 0.15) is 38.8 Å². The first-order valence-electron chi connectivity index (χ1n) is 24.9. The molecule has 0 saturated heterocycles. The number of aryl methyl sites for hydroxylation is 1. The Morgan fingerprint density at radius 2 is 1.31 bits per heavy atom. The molecule has 0 aliphatic rings. The first kappa shape index (κ1) is 39.9. The number of benzene rings is 8. The third-order valence-electron chi connectivity index (χ3n) is 11.8. The molecule has 333 valence electrons. The van der Waals surface area contributed by atoms with Gasteiger partial charge in [0.05, 0.1) is 24.9 Å². The van der Waals surface area contributed by atoms with Gasteiger partial charge in [0.25, 0.3) is 0 Å². The molecule has 6 heteroatoms. The van der Waals surface area contributed by atoms with Gasteiger partial charge in [-0.15, -0.1) is 59.7 Å². The zero-order chi connectivity index (χ0) is 49.9. The Balaban J connectivity index is 0.000000226. The van der Waals surface area contributed by atoms with Crippen molar-refractivity contribution in [1.82, 2.24) is 14.5 Å². The summed E-state index contributed by atoms with van der Waals surface area (Å²) in [6, 6.07) is 66.3. The molecular weight excluding hydrogens is 1030 g/mol. The molecule has 0 N–H and O–H groups in total. The van der Waals surface area contributed by atoms with Gasteiger partial charge in [-0.3, -0.25) is 4.98 Å². The van der Waals surface area contributed by atoms with Crippen LogP contribution in [-0.4, -0.2) is 22.6 Å². The average molecular weight is 1090 g/mol. The summed E-state index contributed by atoms with van der Waals surface area (Å²) < 4.78 is 45.3. The molecular formula is C61H53IrN3SSi-2. The monoisotopic (exact) mass is 1090 g/mol. The van der Waals surface area contributed by atoms with Crippen molar-refractivity contribution in [1.29, 1.82) is 0 Å². The number of imidazole rings is 1. The molecule has 0 spiro atoms. The van der Waals surface area contributed by atoms with E-state index < -0.39 is 26.7 Å². The standard InChI is InChI=1S/C42H27N2S.C19H26NSi.Ir/c1-27-11-13-30(14-12-27)33-17-21-40-36(23-33)37-24-34(18-22-41(37)45-40)42-43-38-25-31-9-5-6-10-32(31)26-39(38)44(42)35-19-15-29(16-20-35)28-7-3-2-4-8-28;1-19(2,3)13-16-12-17(15-10-8-7-9-11-15)20-14-18(16)21(4,5)6;/h2-17,19-26H,1H3;7-10,12,14H,13H2,1-6H3;/q2*-1;/i1D3;13D2;. The molecule has 0 amide bonds. The Morgan fingerprint density at radius 3 is 2.01 bits per heavy atom. The minimum Gasteiger partial charge on any atom is -0.333 e. The summed E-state index contributed by atoms with van der Waals surface area (Å²) in [4.78, 5) is 9.85. The van der Waals surface area contributed by atoms with Gasteiger partial charge in [0, 0.05) is 43.5 Å². The van der Waals surface area contributed by atoms with Gasteiger partial charge in [-0.1, -0.05) is 160 Å². The summed E-state index contributed by atoms with van der Waals surface area (Å²) in [7, 11) is -1.70. The van der Waals surface area contributed by atoms with Gasteiger partial charge in [-0.05, 0) is 109 Å². The quantitative estimate of drug-likeness (QED) is 0.118. The Labute approximate surface area is 420 Å². The van der Waals surface area contributed by atoms with Crippen molar-refractivity contribution in [2.24, 2.45) is 5.41 Å². The van der Waals surface area contributed by atoms with Crippen molar-refractivity contribution >= 4 is 66.6 Å². The molecule has 11 aromatic rings. The van der Waals surface area contributed by atoms with Gasteiger partial charge in [-0.2, -0.15) is 11.3 Å². The minimum atomic E-state index is -2.12. The number of rotatable bonds is 7. The fourth-order valence-electron chi connectivity index (χ4n) is 8.59. The number of hydrogen-bond donors (Lipinski definition) is 0. The summed E-state index contributed by atoms with van der Waals surface area (Å²) in [5, 5.41) is 5.72. The first-order valence-corrected chi connectivity index (χ1v) is 26.7. The van der Waals surface area contributed by atoms with Gasteiger partial charge < -0.3 is 9.55 Å². The van der Waals surface area contributed by atoms with Crippen LogP contribution in [-0.2, 0) is 26.5 Å². The maximum Gasteiger partial charge on any atom is 0.0798 e. The summed E-state index contributed by atoms with van der Waals surface area (Å²) in [5.74, 6) is 0.838. The van der Waals surface area contributed by atoms with E-state index in [1.165, 1.54) is 15.6 Å². The van der Waals surface area contributed by atoms with E-state index in [2.05, 4.69) is 157 Å². The summed E-state index contributed by atoms with van der Waals surface area (Å²) in [6.45, 7) is 10.5. The van der Waals surface area contributed by atoms with Crippen LogP contribution in [0.15, 0.2) is 182 Å². The minimum absolute atomic E-state index is 0. The van der Waals surface area contributed by atoms with E-state index >= 15 is 0 Å². The molecule has 8 aromatic carbocycles. The van der Waals surface area contributed by atoms with Crippen LogP contribution in [0.4, 0.5) is 0 Å². The number of aromatic nitrogens is 3. The van der Waals surface area contributed by atoms with Crippen LogP contribution in [0.3, 0.4) is 0 Å². The van der Waals surface area contributed by atoms with Gasteiger partial charge >= 0.3 is 0 Å². The fourth-order valence-corrected chi connectivity index (χ4v) is 11.0. The topological polar surface area (TPSA) is 30.7 Å². The fraction of sp³-hybridized carbons (Fsp3) is 0.148. The molecule has 0 aliphatic heterocycles. The molecule has 3 nitrogen and oxygen atoms in total. The Morgan fingerprint density at radius 1 is 0.657 bits per heavy atom. The van der Waals surface area contributed by atoms with Gasteiger partial charge in [-0.25, -0.2) is 0 Å². The van der Waals surface area contributed by atoms with Crippen LogP contribution in [0.5, 0.6) is 0 Å². The molecule has 3 heterocycles. The molecule has 0 fully saturated rings. The Hall–Kier alpha value is -6.27. The number of hydrogen-bond acceptors (Lipinski definition) is 3. The van der Waals surface area contributed by atoms with Crippen LogP contribution >= 0.6 is 11.3 Å². The molecule has 0 bridgehead atoms. The summed E-state index contributed by atoms with van der Waals surface area (Å²) >= 11 is 1.75. The molecule has 0 aliphatic carbocycles. The van der Waals surface area contributed by atoms with Gasteiger partial charge in [0.1, 0.15) is 0 Å².